The van der Waals surface area contributed by atoms with Crippen molar-refractivity contribution < 1.29 is 26.7 Å². The number of nitrogens with one attached hydrogen (secondary N) is 1. The molecule has 1 fully saturated rings. The number of anilines is 1. The van der Waals surface area contributed by atoms with E-state index in [1.54, 1.807) is 18.2 Å². The molecule has 2 aromatic carbocycles. The van der Waals surface area contributed by atoms with Gasteiger partial charge in [0, 0.05) is 12.1 Å². The molecule has 168 valence electrons. The SMILES string of the molecule is O=S(=O)(c1ccc2c(c1)OCCO2)c1nc(-c2ccccc2F)oc1NC1CCCCC1. The number of halogens is 1. The van der Waals surface area contributed by atoms with Gasteiger partial charge in [0.25, 0.3) is 0 Å². The number of sulfone groups is 1. The summed E-state index contributed by atoms with van der Waals surface area (Å²) in [7, 11) is -4.08. The Morgan fingerprint density at radius 2 is 1.72 bits per heavy atom. The van der Waals surface area contributed by atoms with Crippen LogP contribution in [0.15, 0.2) is 56.8 Å². The minimum absolute atomic E-state index is 0.00169. The van der Waals surface area contributed by atoms with Gasteiger partial charge in [-0.1, -0.05) is 31.4 Å². The molecule has 0 atom stereocenters. The van der Waals surface area contributed by atoms with E-state index in [0.717, 1.165) is 32.1 Å². The number of aromatic nitrogens is 1. The largest absolute Gasteiger partial charge is 0.486 e. The summed E-state index contributed by atoms with van der Waals surface area (Å²) in [4.78, 5) is 4.24. The first-order valence-corrected chi connectivity index (χ1v) is 12.2. The maximum absolute atomic E-state index is 14.4. The normalized spacial score (nSPS) is 16.7. The summed E-state index contributed by atoms with van der Waals surface area (Å²) in [5, 5.41) is 2.94. The zero-order valence-corrected chi connectivity index (χ0v) is 18.2. The third-order valence-electron chi connectivity index (χ3n) is 5.72. The van der Waals surface area contributed by atoms with E-state index in [9.17, 15) is 12.8 Å². The van der Waals surface area contributed by atoms with E-state index in [2.05, 4.69) is 10.3 Å². The highest BCUT2D eigenvalue weighted by Crippen LogP contribution is 2.38. The molecule has 3 aromatic rings. The van der Waals surface area contributed by atoms with E-state index in [-0.39, 0.29) is 33.3 Å². The van der Waals surface area contributed by atoms with E-state index in [1.807, 2.05) is 0 Å². The molecule has 0 bridgehead atoms. The fourth-order valence-corrected chi connectivity index (χ4v) is 5.34. The van der Waals surface area contributed by atoms with Crippen LogP contribution in [-0.4, -0.2) is 32.7 Å². The van der Waals surface area contributed by atoms with Crippen molar-refractivity contribution in [1.82, 2.24) is 4.98 Å². The van der Waals surface area contributed by atoms with Crippen LogP contribution in [0.3, 0.4) is 0 Å². The lowest BCUT2D eigenvalue weighted by molar-refractivity contribution is 0.171. The average molecular weight is 459 g/mol. The maximum atomic E-state index is 14.4. The second-order valence-electron chi connectivity index (χ2n) is 7.92. The Labute approximate surface area is 185 Å². The number of rotatable bonds is 5. The van der Waals surface area contributed by atoms with E-state index >= 15 is 0 Å². The van der Waals surface area contributed by atoms with Crippen molar-refractivity contribution in [3.8, 4) is 23.0 Å². The van der Waals surface area contributed by atoms with Gasteiger partial charge >= 0.3 is 0 Å². The van der Waals surface area contributed by atoms with Crippen molar-refractivity contribution in [2.45, 2.75) is 48.1 Å². The van der Waals surface area contributed by atoms with Crippen LogP contribution >= 0.6 is 0 Å². The lowest BCUT2D eigenvalue weighted by atomic mass is 9.96. The molecule has 0 amide bonds. The Morgan fingerprint density at radius 3 is 2.50 bits per heavy atom. The number of benzene rings is 2. The summed E-state index contributed by atoms with van der Waals surface area (Å²) >= 11 is 0. The Morgan fingerprint density at radius 1 is 0.969 bits per heavy atom. The number of hydrogen-bond donors (Lipinski definition) is 1. The molecule has 2 heterocycles. The number of oxazole rings is 1. The molecule has 1 aromatic heterocycles. The first kappa shape index (κ1) is 20.8. The van der Waals surface area contributed by atoms with Gasteiger partial charge < -0.3 is 19.2 Å². The molecule has 2 aliphatic rings. The molecule has 9 heteroatoms. The van der Waals surface area contributed by atoms with Gasteiger partial charge in [-0.2, -0.15) is 4.98 Å². The van der Waals surface area contributed by atoms with Crippen LogP contribution in [0.5, 0.6) is 11.5 Å². The fraction of sp³-hybridized carbons (Fsp3) is 0.348. The molecule has 0 unspecified atom stereocenters. The van der Waals surface area contributed by atoms with Gasteiger partial charge in [-0.05, 0) is 37.1 Å². The van der Waals surface area contributed by atoms with Crippen LogP contribution in [0.1, 0.15) is 32.1 Å². The molecule has 0 saturated heterocycles. The van der Waals surface area contributed by atoms with Crippen LogP contribution in [0, 0.1) is 5.82 Å². The van der Waals surface area contributed by atoms with Crippen LogP contribution in [0.25, 0.3) is 11.5 Å². The lowest BCUT2D eigenvalue weighted by Gasteiger charge is -2.22. The molecule has 1 aliphatic heterocycles. The van der Waals surface area contributed by atoms with Crippen molar-refractivity contribution in [3.63, 3.8) is 0 Å². The van der Waals surface area contributed by atoms with Crippen LogP contribution in [-0.2, 0) is 9.84 Å². The van der Waals surface area contributed by atoms with Gasteiger partial charge in [-0.3, -0.25) is 0 Å². The van der Waals surface area contributed by atoms with Crippen molar-refractivity contribution in [2.24, 2.45) is 0 Å². The standard InChI is InChI=1S/C23H23FN2O5S/c24-18-9-5-4-8-17(18)21-26-23(22(31-21)25-15-6-2-1-3-7-15)32(27,28)16-10-11-19-20(14-16)30-13-12-29-19/h4-5,8-11,14-15,25H,1-3,6-7,12-13H2. The lowest BCUT2D eigenvalue weighted by Crippen LogP contribution is -2.23. The van der Waals surface area contributed by atoms with Gasteiger partial charge in [-0.15, -0.1) is 0 Å². The van der Waals surface area contributed by atoms with Crippen molar-refractivity contribution in [1.29, 1.82) is 0 Å². The van der Waals surface area contributed by atoms with Gasteiger partial charge in [-0.25, -0.2) is 12.8 Å². The molecule has 1 saturated carbocycles. The third kappa shape index (κ3) is 3.92. The van der Waals surface area contributed by atoms with Gasteiger partial charge in [0.1, 0.15) is 19.0 Å². The quantitative estimate of drug-likeness (QED) is 0.586. The summed E-state index contributed by atoms with van der Waals surface area (Å²) < 4.78 is 58.3. The monoisotopic (exact) mass is 458 g/mol. The van der Waals surface area contributed by atoms with E-state index in [4.69, 9.17) is 13.9 Å². The molecule has 32 heavy (non-hydrogen) atoms. The maximum Gasteiger partial charge on any atom is 0.234 e. The summed E-state index contributed by atoms with van der Waals surface area (Å²) in [6.45, 7) is 0.746. The molecule has 0 spiro atoms. The minimum Gasteiger partial charge on any atom is -0.486 e. The zero-order valence-electron chi connectivity index (χ0n) is 17.3. The summed E-state index contributed by atoms with van der Waals surface area (Å²) in [6, 6.07) is 10.5. The molecule has 1 aliphatic carbocycles. The van der Waals surface area contributed by atoms with Crippen LogP contribution < -0.4 is 14.8 Å². The molecule has 1 N–H and O–H groups in total. The summed E-state index contributed by atoms with van der Waals surface area (Å²) in [6.07, 6.45) is 5.06. The number of hydrogen-bond acceptors (Lipinski definition) is 7. The van der Waals surface area contributed by atoms with E-state index < -0.39 is 15.7 Å². The summed E-state index contributed by atoms with van der Waals surface area (Å²) in [5.74, 6) is 0.253. The number of nitrogens with zero attached hydrogens (tertiary/aromatic N) is 1. The topological polar surface area (TPSA) is 90.7 Å². The van der Waals surface area contributed by atoms with Crippen molar-refractivity contribution in [2.75, 3.05) is 18.5 Å². The van der Waals surface area contributed by atoms with Gasteiger partial charge in [0.15, 0.2) is 11.5 Å². The minimum atomic E-state index is -4.08. The Hall–Kier alpha value is -3.07. The predicted molar refractivity (Wildman–Crippen MR) is 115 cm³/mol. The first-order chi connectivity index (χ1) is 15.5. The van der Waals surface area contributed by atoms with Gasteiger partial charge in [0.2, 0.25) is 26.6 Å². The number of fused-ring (bicyclic) bond motifs is 1. The molecule has 5 rings (SSSR count). The Kier molecular flexibility index (Phi) is 5.50. The highest BCUT2D eigenvalue weighted by Gasteiger charge is 2.31. The zero-order chi connectivity index (χ0) is 22.1. The third-order valence-corrected chi connectivity index (χ3v) is 7.38. The fourth-order valence-electron chi connectivity index (χ4n) is 4.06. The molecule has 7 nitrogen and oxygen atoms in total. The van der Waals surface area contributed by atoms with Crippen molar-refractivity contribution >= 4 is 15.7 Å². The highest BCUT2D eigenvalue weighted by molar-refractivity contribution is 7.91. The first-order valence-electron chi connectivity index (χ1n) is 10.7. The Balaban J connectivity index is 1.58. The van der Waals surface area contributed by atoms with Crippen LogP contribution in [0.4, 0.5) is 10.3 Å². The average Bonchev–Trinajstić information content (AvgIpc) is 3.24. The smallest absolute Gasteiger partial charge is 0.234 e. The molecular weight excluding hydrogens is 435 g/mol. The Bertz CT molecular complexity index is 1230. The predicted octanol–water partition coefficient (Wildman–Crippen LogP) is 4.83. The number of ether oxygens (including phenoxy) is 2. The van der Waals surface area contributed by atoms with Crippen LogP contribution in [0.2, 0.25) is 0 Å². The van der Waals surface area contributed by atoms with E-state index in [0.29, 0.717) is 24.7 Å². The van der Waals surface area contributed by atoms with Crippen molar-refractivity contribution in [3.05, 3.63) is 48.3 Å². The summed E-state index contributed by atoms with van der Waals surface area (Å²) in [5.41, 5.74) is 0.0998. The molecular formula is C23H23FN2O5S. The highest BCUT2D eigenvalue weighted by atomic mass is 32.2. The van der Waals surface area contributed by atoms with Gasteiger partial charge in [0.05, 0.1) is 10.5 Å². The second kappa shape index (κ2) is 8.46. The second-order valence-corrected chi connectivity index (χ2v) is 9.79. The molecule has 0 radical (unpaired) electrons. The van der Waals surface area contributed by atoms with E-state index in [1.165, 1.54) is 24.3 Å².